The van der Waals surface area contributed by atoms with Crippen molar-refractivity contribution in [2.75, 3.05) is 13.7 Å². The fraction of sp³-hybridized carbons (Fsp3) is 0.250. The fourth-order valence-electron chi connectivity index (χ4n) is 2.12. The van der Waals surface area contributed by atoms with E-state index in [4.69, 9.17) is 9.47 Å². The van der Waals surface area contributed by atoms with Crippen LogP contribution in [-0.2, 0) is 11.3 Å². The monoisotopic (exact) mass is 303 g/mol. The Kier molecular flexibility index (Phi) is 5.46. The molecule has 0 radical (unpaired) electrons. The standard InChI is InChI=1S/C16H17NO5/c1-21-16-13(8-5-9-14(16)17(19)20)15(18)11-22-10-12-6-3-2-4-7-12/h2-9,15,18H,10-11H2,1H3/t15-/m1/s1. The lowest BCUT2D eigenvalue weighted by atomic mass is 10.1. The van der Waals surface area contributed by atoms with E-state index in [0.29, 0.717) is 12.2 Å². The van der Waals surface area contributed by atoms with Gasteiger partial charge < -0.3 is 14.6 Å². The Bertz CT molecular complexity index is 630. The van der Waals surface area contributed by atoms with Crippen LogP contribution in [-0.4, -0.2) is 23.7 Å². The maximum Gasteiger partial charge on any atom is 0.311 e. The van der Waals surface area contributed by atoms with Crippen LogP contribution in [0, 0.1) is 10.1 Å². The molecule has 2 aromatic rings. The molecule has 0 spiro atoms. The maximum atomic E-state index is 11.0. The Hall–Kier alpha value is -2.44. The number of aliphatic hydroxyl groups excluding tert-OH is 1. The number of benzene rings is 2. The van der Waals surface area contributed by atoms with Gasteiger partial charge in [0.25, 0.3) is 0 Å². The second-order valence-corrected chi connectivity index (χ2v) is 4.67. The lowest BCUT2D eigenvalue weighted by Crippen LogP contribution is -2.09. The minimum Gasteiger partial charge on any atom is -0.490 e. The first-order chi connectivity index (χ1) is 10.6. The number of nitrogens with zero attached hydrogens (tertiary/aromatic N) is 1. The summed E-state index contributed by atoms with van der Waals surface area (Å²) in [5.41, 5.74) is 1.15. The van der Waals surface area contributed by atoms with Gasteiger partial charge in [0.05, 0.1) is 25.2 Å². The van der Waals surface area contributed by atoms with Crippen molar-refractivity contribution in [1.29, 1.82) is 0 Å². The molecule has 6 heteroatoms. The van der Waals surface area contributed by atoms with Gasteiger partial charge in [-0.25, -0.2) is 0 Å². The molecule has 0 aromatic heterocycles. The Balaban J connectivity index is 2.04. The fourth-order valence-corrected chi connectivity index (χ4v) is 2.12. The van der Waals surface area contributed by atoms with Crippen LogP contribution < -0.4 is 4.74 Å². The third-order valence-corrected chi connectivity index (χ3v) is 3.17. The summed E-state index contributed by atoms with van der Waals surface area (Å²) >= 11 is 0. The molecule has 0 aliphatic rings. The zero-order valence-electron chi connectivity index (χ0n) is 12.1. The lowest BCUT2D eigenvalue weighted by Gasteiger charge is -2.15. The van der Waals surface area contributed by atoms with Crippen LogP contribution in [0.1, 0.15) is 17.2 Å². The van der Waals surface area contributed by atoms with E-state index in [1.165, 1.54) is 19.2 Å². The number of aliphatic hydroxyl groups is 1. The van der Waals surface area contributed by atoms with Crippen LogP contribution in [0.25, 0.3) is 0 Å². The van der Waals surface area contributed by atoms with E-state index in [2.05, 4.69) is 0 Å². The summed E-state index contributed by atoms with van der Waals surface area (Å²) < 4.78 is 10.5. The number of para-hydroxylation sites is 1. The molecular formula is C16H17NO5. The highest BCUT2D eigenvalue weighted by molar-refractivity contribution is 5.52. The minimum atomic E-state index is -1.00. The first-order valence-electron chi connectivity index (χ1n) is 6.74. The molecule has 2 aromatic carbocycles. The number of ether oxygens (including phenoxy) is 2. The molecular weight excluding hydrogens is 286 g/mol. The molecule has 0 bridgehead atoms. The Labute approximate surface area is 128 Å². The normalized spacial score (nSPS) is 11.9. The van der Waals surface area contributed by atoms with Crippen LogP contribution in [0.5, 0.6) is 5.75 Å². The lowest BCUT2D eigenvalue weighted by molar-refractivity contribution is -0.385. The zero-order chi connectivity index (χ0) is 15.9. The molecule has 0 aliphatic heterocycles. The quantitative estimate of drug-likeness (QED) is 0.628. The SMILES string of the molecule is COc1c([C@H](O)COCc2ccccc2)cccc1[N+](=O)[O-]. The minimum absolute atomic E-state index is 0.0203. The van der Waals surface area contributed by atoms with E-state index in [1.54, 1.807) is 6.07 Å². The van der Waals surface area contributed by atoms with Crippen molar-refractivity contribution in [3.8, 4) is 5.75 Å². The van der Waals surface area contributed by atoms with Crippen molar-refractivity contribution < 1.29 is 19.5 Å². The van der Waals surface area contributed by atoms with E-state index in [0.717, 1.165) is 5.56 Å². The summed E-state index contributed by atoms with van der Waals surface area (Å²) in [5.74, 6) is 0.0586. The molecule has 1 atom stereocenters. The van der Waals surface area contributed by atoms with Gasteiger partial charge in [-0.05, 0) is 5.56 Å². The molecule has 1 N–H and O–H groups in total. The third-order valence-electron chi connectivity index (χ3n) is 3.17. The number of hydrogen-bond donors (Lipinski definition) is 1. The molecule has 0 fully saturated rings. The van der Waals surface area contributed by atoms with Gasteiger partial charge in [0.1, 0.15) is 6.10 Å². The molecule has 2 rings (SSSR count). The van der Waals surface area contributed by atoms with Gasteiger partial charge >= 0.3 is 5.69 Å². The second-order valence-electron chi connectivity index (χ2n) is 4.67. The predicted molar refractivity (Wildman–Crippen MR) is 80.7 cm³/mol. The predicted octanol–water partition coefficient (Wildman–Crippen LogP) is 2.85. The van der Waals surface area contributed by atoms with Gasteiger partial charge in [-0.2, -0.15) is 0 Å². The van der Waals surface area contributed by atoms with Crippen molar-refractivity contribution in [3.05, 3.63) is 69.8 Å². The van der Waals surface area contributed by atoms with Crippen LogP contribution >= 0.6 is 0 Å². The maximum absolute atomic E-state index is 11.0. The number of methoxy groups -OCH3 is 1. The van der Waals surface area contributed by atoms with Crippen molar-refractivity contribution in [2.45, 2.75) is 12.7 Å². The average Bonchev–Trinajstić information content (AvgIpc) is 2.54. The molecule has 0 saturated carbocycles. The summed E-state index contributed by atoms with van der Waals surface area (Å²) in [6.07, 6.45) is -1.00. The van der Waals surface area contributed by atoms with Crippen molar-refractivity contribution >= 4 is 5.69 Å². The number of rotatable bonds is 7. The molecule has 22 heavy (non-hydrogen) atoms. The van der Waals surface area contributed by atoms with E-state index in [-0.39, 0.29) is 18.0 Å². The van der Waals surface area contributed by atoms with Crippen molar-refractivity contribution in [3.63, 3.8) is 0 Å². The molecule has 0 aliphatic carbocycles. The van der Waals surface area contributed by atoms with Crippen molar-refractivity contribution in [2.24, 2.45) is 0 Å². The van der Waals surface area contributed by atoms with Crippen LogP contribution in [0.15, 0.2) is 48.5 Å². The van der Waals surface area contributed by atoms with Gasteiger partial charge in [0.15, 0.2) is 0 Å². The summed E-state index contributed by atoms with van der Waals surface area (Å²) in [4.78, 5) is 10.4. The first-order valence-corrected chi connectivity index (χ1v) is 6.74. The van der Waals surface area contributed by atoms with Gasteiger partial charge in [0.2, 0.25) is 5.75 Å². The first kappa shape index (κ1) is 15.9. The Morgan fingerprint density at radius 1 is 1.18 bits per heavy atom. The van der Waals surface area contributed by atoms with Gasteiger partial charge in [-0.1, -0.05) is 42.5 Å². The van der Waals surface area contributed by atoms with Gasteiger partial charge in [0, 0.05) is 11.6 Å². The van der Waals surface area contributed by atoms with Crippen LogP contribution in [0.3, 0.4) is 0 Å². The van der Waals surface area contributed by atoms with E-state index in [1.807, 2.05) is 30.3 Å². The highest BCUT2D eigenvalue weighted by Crippen LogP contribution is 2.34. The molecule has 0 saturated heterocycles. The van der Waals surface area contributed by atoms with Gasteiger partial charge in [-0.15, -0.1) is 0 Å². The second kappa shape index (κ2) is 7.53. The topological polar surface area (TPSA) is 81.8 Å². The number of nitro groups is 1. The Morgan fingerprint density at radius 3 is 2.55 bits per heavy atom. The summed E-state index contributed by atoms with van der Waals surface area (Å²) in [7, 11) is 1.34. The Morgan fingerprint density at radius 2 is 1.91 bits per heavy atom. The smallest absolute Gasteiger partial charge is 0.311 e. The third kappa shape index (κ3) is 3.81. The summed E-state index contributed by atoms with van der Waals surface area (Å²) in [6, 6.07) is 14.0. The molecule has 0 amide bonds. The summed E-state index contributed by atoms with van der Waals surface area (Å²) in [6.45, 7) is 0.377. The highest BCUT2D eigenvalue weighted by atomic mass is 16.6. The van der Waals surface area contributed by atoms with E-state index >= 15 is 0 Å². The van der Waals surface area contributed by atoms with E-state index < -0.39 is 11.0 Å². The molecule has 0 unspecified atom stereocenters. The van der Waals surface area contributed by atoms with Crippen LogP contribution in [0.2, 0.25) is 0 Å². The molecule has 0 heterocycles. The average molecular weight is 303 g/mol. The van der Waals surface area contributed by atoms with Crippen LogP contribution in [0.4, 0.5) is 5.69 Å². The number of hydrogen-bond acceptors (Lipinski definition) is 5. The summed E-state index contributed by atoms with van der Waals surface area (Å²) in [5, 5.41) is 21.2. The highest BCUT2D eigenvalue weighted by Gasteiger charge is 2.22. The number of nitro benzene ring substituents is 1. The van der Waals surface area contributed by atoms with E-state index in [9.17, 15) is 15.2 Å². The zero-order valence-corrected chi connectivity index (χ0v) is 12.1. The molecule has 6 nitrogen and oxygen atoms in total. The van der Waals surface area contributed by atoms with Gasteiger partial charge in [-0.3, -0.25) is 10.1 Å². The van der Waals surface area contributed by atoms with Crippen molar-refractivity contribution in [1.82, 2.24) is 0 Å². The largest absolute Gasteiger partial charge is 0.490 e. The molecule has 116 valence electrons.